The van der Waals surface area contributed by atoms with Crippen molar-refractivity contribution in [3.05, 3.63) is 34.9 Å². The molecule has 1 aromatic rings. The Morgan fingerprint density at radius 1 is 1.33 bits per heavy atom. The second kappa shape index (κ2) is 2.95. The Morgan fingerprint density at radius 3 is 3.00 bits per heavy atom. The molecule has 0 aromatic heterocycles. The largest absolute Gasteiger partial charge is 0.411 e. The third kappa shape index (κ3) is 1.19. The third-order valence-corrected chi connectivity index (χ3v) is 2.07. The zero-order valence-electron chi connectivity index (χ0n) is 6.62. The van der Waals surface area contributed by atoms with Crippen molar-refractivity contribution in [3.63, 3.8) is 0 Å². The Kier molecular flexibility index (Phi) is 1.80. The van der Waals surface area contributed by atoms with Gasteiger partial charge in [0.05, 0.1) is 6.21 Å². The van der Waals surface area contributed by atoms with Crippen LogP contribution in [0.1, 0.15) is 16.7 Å². The first-order valence-corrected chi connectivity index (χ1v) is 3.90. The van der Waals surface area contributed by atoms with Crippen LogP contribution in [0.15, 0.2) is 23.4 Å². The van der Waals surface area contributed by atoms with E-state index in [1.165, 1.54) is 17.3 Å². The average Bonchev–Trinajstić information content (AvgIpc) is 2.51. The molecule has 0 amide bonds. The number of oxime groups is 1. The molecule has 0 fully saturated rings. The quantitative estimate of drug-likeness (QED) is 0.369. The number of fused-ring (bicyclic) bond motifs is 1. The van der Waals surface area contributed by atoms with Crippen LogP contribution in [-0.4, -0.2) is 11.4 Å². The maximum atomic E-state index is 8.32. The van der Waals surface area contributed by atoms with Gasteiger partial charge >= 0.3 is 0 Å². The van der Waals surface area contributed by atoms with Gasteiger partial charge in [0.2, 0.25) is 0 Å². The zero-order chi connectivity index (χ0) is 8.39. The lowest BCUT2D eigenvalue weighted by molar-refractivity contribution is 0.322. The van der Waals surface area contributed by atoms with Gasteiger partial charge in [0.25, 0.3) is 0 Å². The van der Waals surface area contributed by atoms with Crippen molar-refractivity contribution in [1.29, 1.82) is 0 Å². The molecule has 0 aliphatic carbocycles. The number of rotatable bonds is 1. The van der Waals surface area contributed by atoms with E-state index in [4.69, 9.17) is 5.21 Å². The van der Waals surface area contributed by atoms with Gasteiger partial charge in [-0.15, -0.1) is 0 Å². The monoisotopic (exact) mass is 162 g/mol. The molecule has 12 heavy (non-hydrogen) atoms. The average molecular weight is 162 g/mol. The number of hydrogen-bond donors (Lipinski definition) is 2. The van der Waals surface area contributed by atoms with E-state index in [-0.39, 0.29) is 0 Å². The molecule has 0 saturated heterocycles. The van der Waals surface area contributed by atoms with Crippen LogP contribution in [0.5, 0.6) is 0 Å². The Morgan fingerprint density at radius 2 is 2.17 bits per heavy atom. The van der Waals surface area contributed by atoms with Crippen LogP contribution in [-0.2, 0) is 13.1 Å². The van der Waals surface area contributed by atoms with Crippen LogP contribution in [0.25, 0.3) is 0 Å². The predicted molar refractivity (Wildman–Crippen MR) is 46.4 cm³/mol. The first kappa shape index (κ1) is 7.31. The molecule has 0 radical (unpaired) electrons. The fourth-order valence-corrected chi connectivity index (χ4v) is 1.46. The van der Waals surface area contributed by atoms with Crippen LogP contribution >= 0.6 is 0 Å². The van der Waals surface area contributed by atoms with Crippen molar-refractivity contribution >= 4 is 6.21 Å². The van der Waals surface area contributed by atoms with Crippen molar-refractivity contribution < 1.29 is 5.21 Å². The molecule has 62 valence electrons. The second-order valence-corrected chi connectivity index (χ2v) is 2.88. The number of benzene rings is 1. The van der Waals surface area contributed by atoms with Crippen molar-refractivity contribution in [2.45, 2.75) is 13.1 Å². The Labute approximate surface area is 70.7 Å². The summed E-state index contributed by atoms with van der Waals surface area (Å²) in [5.41, 5.74) is 3.58. The molecule has 3 heteroatoms. The summed E-state index contributed by atoms with van der Waals surface area (Å²) >= 11 is 0. The SMILES string of the molecule is ON=Cc1ccc2c(c1)CNC2. The van der Waals surface area contributed by atoms with Gasteiger partial charge in [0, 0.05) is 13.1 Å². The minimum Gasteiger partial charge on any atom is -0.411 e. The molecule has 0 saturated carbocycles. The first-order valence-electron chi connectivity index (χ1n) is 3.90. The summed E-state index contributed by atoms with van der Waals surface area (Å²) in [5.74, 6) is 0. The maximum Gasteiger partial charge on any atom is 0.0733 e. The Hall–Kier alpha value is -1.35. The Bertz CT molecular complexity index is 320. The lowest BCUT2D eigenvalue weighted by atomic mass is 10.1. The fraction of sp³-hybridized carbons (Fsp3) is 0.222. The standard InChI is InChI=1S/C9H10N2O/c12-11-4-7-1-2-8-5-10-6-9(8)3-7/h1-4,10,12H,5-6H2. The van der Waals surface area contributed by atoms with Crippen LogP contribution in [0, 0.1) is 0 Å². The molecule has 1 aromatic carbocycles. The van der Waals surface area contributed by atoms with E-state index in [0.717, 1.165) is 18.7 Å². The highest BCUT2D eigenvalue weighted by Gasteiger charge is 2.08. The highest BCUT2D eigenvalue weighted by atomic mass is 16.4. The minimum atomic E-state index is 0.919. The van der Waals surface area contributed by atoms with Crippen molar-refractivity contribution in [2.75, 3.05) is 0 Å². The number of hydrogen-bond acceptors (Lipinski definition) is 3. The molecule has 1 aliphatic heterocycles. The van der Waals surface area contributed by atoms with E-state index in [9.17, 15) is 0 Å². The lowest BCUT2D eigenvalue weighted by Gasteiger charge is -1.97. The summed E-state index contributed by atoms with van der Waals surface area (Å²) in [6, 6.07) is 6.05. The summed E-state index contributed by atoms with van der Waals surface area (Å²) < 4.78 is 0. The molecule has 0 spiro atoms. The van der Waals surface area contributed by atoms with Crippen LogP contribution in [0.4, 0.5) is 0 Å². The molecule has 0 atom stereocenters. The number of nitrogens with zero attached hydrogens (tertiary/aromatic N) is 1. The van der Waals surface area contributed by atoms with Gasteiger partial charge in [-0.3, -0.25) is 0 Å². The molecule has 0 bridgehead atoms. The summed E-state index contributed by atoms with van der Waals surface area (Å²) in [5, 5.41) is 14.6. The molecule has 2 rings (SSSR count). The smallest absolute Gasteiger partial charge is 0.0733 e. The van der Waals surface area contributed by atoms with Gasteiger partial charge < -0.3 is 10.5 Å². The van der Waals surface area contributed by atoms with Gasteiger partial charge in [-0.25, -0.2) is 0 Å². The molecule has 2 N–H and O–H groups in total. The normalized spacial score (nSPS) is 15.3. The van der Waals surface area contributed by atoms with Gasteiger partial charge in [0.15, 0.2) is 0 Å². The zero-order valence-corrected chi connectivity index (χ0v) is 6.62. The lowest BCUT2D eigenvalue weighted by Crippen LogP contribution is -1.99. The first-order chi connectivity index (χ1) is 5.90. The predicted octanol–water partition coefficient (Wildman–Crippen LogP) is 1.10. The summed E-state index contributed by atoms with van der Waals surface area (Å²) in [7, 11) is 0. The van der Waals surface area contributed by atoms with Crippen LogP contribution < -0.4 is 5.32 Å². The highest BCUT2D eigenvalue weighted by Crippen LogP contribution is 2.15. The number of nitrogens with one attached hydrogen (secondary N) is 1. The van der Waals surface area contributed by atoms with Crippen molar-refractivity contribution in [1.82, 2.24) is 5.32 Å². The third-order valence-electron chi connectivity index (χ3n) is 2.07. The molecular weight excluding hydrogens is 152 g/mol. The van der Waals surface area contributed by atoms with E-state index in [1.807, 2.05) is 12.1 Å². The van der Waals surface area contributed by atoms with Crippen LogP contribution in [0.3, 0.4) is 0 Å². The molecule has 3 nitrogen and oxygen atoms in total. The van der Waals surface area contributed by atoms with E-state index in [1.54, 1.807) is 0 Å². The van der Waals surface area contributed by atoms with E-state index < -0.39 is 0 Å². The van der Waals surface area contributed by atoms with Gasteiger partial charge in [-0.05, 0) is 22.8 Å². The van der Waals surface area contributed by atoms with E-state index in [0.29, 0.717) is 0 Å². The van der Waals surface area contributed by atoms with E-state index >= 15 is 0 Å². The summed E-state index contributed by atoms with van der Waals surface area (Å²) in [4.78, 5) is 0. The molecule has 0 unspecified atom stereocenters. The van der Waals surface area contributed by atoms with Crippen LogP contribution in [0.2, 0.25) is 0 Å². The minimum absolute atomic E-state index is 0.919. The maximum absolute atomic E-state index is 8.32. The topological polar surface area (TPSA) is 44.6 Å². The molecular formula is C9H10N2O. The Balaban J connectivity index is 2.38. The van der Waals surface area contributed by atoms with Gasteiger partial charge in [-0.1, -0.05) is 17.3 Å². The van der Waals surface area contributed by atoms with Crippen molar-refractivity contribution in [2.24, 2.45) is 5.16 Å². The highest BCUT2D eigenvalue weighted by molar-refractivity contribution is 5.79. The summed E-state index contributed by atoms with van der Waals surface area (Å²) in [6.07, 6.45) is 1.44. The van der Waals surface area contributed by atoms with Gasteiger partial charge in [-0.2, -0.15) is 0 Å². The van der Waals surface area contributed by atoms with Gasteiger partial charge in [0.1, 0.15) is 0 Å². The molecule has 1 aliphatic rings. The molecule has 1 heterocycles. The van der Waals surface area contributed by atoms with E-state index in [2.05, 4.69) is 16.5 Å². The second-order valence-electron chi connectivity index (χ2n) is 2.88. The summed E-state index contributed by atoms with van der Waals surface area (Å²) in [6.45, 7) is 1.87. The fourth-order valence-electron chi connectivity index (χ4n) is 1.46. The van der Waals surface area contributed by atoms with Crippen molar-refractivity contribution in [3.8, 4) is 0 Å².